The molecule has 3 aromatic rings. The van der Waals surface area contributed by atoms with Crippen LogP contribution < -0.4 is 9.47 Å². The molecule has 0 saturated heterocycles. The second-order valence-corrected chi connectivity index (χ2v) is 10.7. The van der Waals surface area contributed by atoms with E-state index in [1.54, 1.807) is 54.6 Å². The smallest absolute Gasteiger partial charge is 0.405 e. The van der Waals surface area contributed by atoms with E-state index in [-0.39, 0.29) is 5.69 Å². The van der Waals surface area contributed by atoms with Crippen LogP contribution in [0.3, 0.4) is 0 Å². The third-order valence-corrected chi connectivity index (χ3v) is 6.97. The van der Waals surface area contributed by atoms with E-state index in [0.29, 0.717) is 21.1 Å². The summed E-state index contributed by atoms with van der Waals surface area (Å²) in [5.74, 6) is -2.02. The van der Waals surface area contributed by atoms with Crippen LogP contribution in [0.25, 0.3) is 22.4 Å². The van der Waals surface area contributed by atoms with Crippen molar-refractivity contribution in [3.05, 3.63) is 70.2 Å². The van der Waals surface area contributed by atoms with E-state index in [1.165, 1.54) is 35.0 Å². The van der Waals surface area contributed by atoms with Gasteiger partial charge in [0.25, 0.3) is 10.9 Å². The molecule has 7 nitrogen and oxygen atoms in total. The summed E-state index contributed by atoms with van der Waals surface area (Å²) in [6.45, 7) is -0.217. The number of benzene rings is 2. The van der Waals surface area contributed by atoms with Gasteiger partial charge in [-0.25, -0.2) is 4.79 Å². The number of anilines is 1. The van der Waals surface area contributed by atoms with Crippen LogP contribution in [0, 0.1) is 0 Å². The molecule has 1 atom stereocenters. The number of aliphatic carboxylic acids is 1. The van der Waals surface area contributed by atoms with E-state index in [1.807, 2.05) is 0 Å². The van der Waals surface area contributed by atoms with Gasteiger partial charge in [0, 0.05) is 22.9 Å². The summed E-state index contributed by atoms with van der Waals surface area (Å²) in [5, 5.41) is 10.1. The summed E-state index contributed by atoms with van der Waals surface area (Å²) >= 11 is 7.32. The normalized spacial score (nSPS) is 13.6. The van der Waals surface area contributed by atoms with Crippen molar-refractivity contribution in [2.75, 3.05) is 11.4 Å². The molecule has 2 N–H and O–H groups in total. The van der Waals surface area contributed by atoms with Crippen molar-refractivity contribution in [1.29, 1.82) is 0 Å². The van der Waals surface area contributed by atoms with Crippen molar-refractivity contribution >= 4 is 67.1 Å². The van der Waals surface area contributed by atoms with Gasteiger partial charge >= 0.3 is 22.3 Å². The van der Waals surface area contributed by atoms with Gasteiger partial charge in [0.2, 0.25) is 5.52 Å². The van der Waals surface area contributed by atoms with E-state index >= 15 is 0 Å². The predicted octanol–water partition coefficient (Wildman–Crippen LogP) is 5.26. The first-order chi connectivity index (χ1) is 16.7. The number of halogens is 4. The predicted molar refractivity (Wildman–Crippen MR) is 134 cm³/mol. The minimum absolute atomic E-state index is 0.116. The van der Waals surface area contributed by atoms with Gasteiger partial charge in [-0.15, -0.1) is 0 Å². The van der Waals surface area contributed by atoms with Crippen LogP contribution in [0.5, 0.6) is 0 Å². The molecular weight excluding hydrogens is 541 g/mol. The van der Waals surface area contributed by atoms with Gasteiger partial charge in [0.05, 0.1) is 0 Å². The number of alkyl halides is 3. The Morgan fingerprint density at radius 3 is 2.39 bits per heavy atom. The third-order valence-electron chi connectivity index (χ3n) is 5.02. The zero-order valence-corrected chi connectivity index (χ0v) is 21.1. The van der Waals surface area contributed by atoms with Gasteiger partial charge in [-0.05, 0) is 36.8 Å². The highest BCUT2D eigenvalue weighted by molar-refractivity contribution is 7.84. The Labute approximate surface area is 214 Å². The van der Waals surface area contributed by atoms with E-state index in [9.17, 15) is 30.9 Å². The van der Waals surface area contributed by atoms with Crippen molar-refractivity contribution in [1.82, 2.24) is 0 Å². The van der Waals surface area contributed by atoms with E-state index in [2.05, 4.69) is 0 Å². The molecule has 13 heteroatoms. The molecule has 0 aliphatic heterocycles. The summed E-state index contributed by atoms with van der Waals surface area (Å²) in [4.78, 5) is 12.0. The molecule has 36 heavy (non-hydrogen) atoms. The Kier molecular flexibility index (Phi) is 8.44. The highest BCUT2D eigenvalue weighted by Gasteiger charge is 2.35. The van der Waals surface area contributed by atoms with Gasteiger partial charge < -0.3 is 10.0 Å². The lowest BCUT2D eigenvalue weighted by atomic mass is 10.1. The maximum atomic E-state index is 12.9. The average Bonchev–Trinajstić information content (AvgIpc) is 3.09. The summed E-state index contributed by atoms with van der Waals surface area (Å²) in [6.07, 6.45) is 2.04. The zero-order valence-electron chi connectivity index (χ0n) is 18.7. The van der Waals surface area contributed by atoms with Crippen LogP contribution in [0.4, 0.5) is 18.9 Å². The zero-order chi connectivity index (χ0) is 26.7. The molecule has 2 aromatic carbocycles. The van der Waals surface area contributed by atoms with Gasteiger partial charge in [-0.2, -0.15) is 26.2 Å². The van der Waals surface area contributed by atoms with Crippen LogP contribution in [0.2, 0.25) is 5.02 Å². The van der Waals surface area contributed by atoms with Crippen LogP contribution in [-0.2, 0) is 20.8 Å². The highest BCUT2D eigenvalue weighted by atomic mass is 35.5. The average molecular weight is 562 g/mol. The van der Waals surface area contributed by atoms with Gasteiger partial charge in [0.1, 0.15) is 17.3 Å². The lowest BCUT2D eigenvalue weighted by Gasteiger charge is -2.29. The summed E-state index contributed by atoms with van der Waals surface area (Å²) < 4.78 is 73.3. The standard InChI is InChI=1S/C23H20ClF3N2O5S2/c1-15(22(30)31)28(13-23(25,26)27)18-9-6-16(7-10-18)4-2-3-5-21-29(14-36(32,33)34)19-12-17(24)8-11-20(19)35-21/h2-12,15H,13-14H2,1H3,(H-,30,31,32,33,34)/p+1. The molecule has 0 bridgehead atoms. The van der Waals surface area contributed by atoms with Crippen molar-refractivity contribution in [2.45, 2.75) is 25.0 Å². The Hall–Kier alpha value is -2.93. The number of carboxylic acid groups (broad SMARTS) is 1. The summed E-state index contributed by atoms with van der Waals surface area (Å²) in [7, 11) is -4.32. The van der Waals surface area contributed by atoms with Crippen LogP contribution in [0.1, 0.15) is 17.5 Å². The summed E-state index contributed by atoms with van der Waals surface area (Å²) in [6, 6.07) is 9.55. The van der Waals surface area contributed by atoms with Gasteiger partial charge in [0.15, 0.2) is 0 Å². The van der Waals surface area contributed by atoms with E-state index in [4.69, 9.17) is 16.7 Å². The molecule has 0 amide bonds. The molecule has 1 unspecified atom stereocenters. The number of hydrogen-bond acceptors (Lipinski definition) is 5. The molecular formula is C23H21ClF3N2O5S2+. The number of nitrogens with zero attached hydrogens (tertiary/aromatic N) is 2. The lowest BCUT2D eigenvalue weighted by Crippen LogP contribution is -2.44. The number of carboxylic acids is 1. The maximum absolute atomic E-state index is 12.9. The molecule has 3 rings (SSSR count). The number of allylic oxidation sites excluding steroid dienone is 2. The van der Waals surface area contributed by atoms with Crippen LogP contribution in [-0.4, -0.2) is 42.8 Å². The molecule has 0 fully saturated rings. The number of fused-ring (bicyclic) bond motifs is 1. The Balaban J connectivity index is 1.81. The van der Waals surface area contributed by atoms with E-state index < -0.39 is 40.7 Å². The molecule has 1 heterocycles. The van der Waals surface area contributed by atoms with Gasteiger partial charge in [-0.1, -0.05) is 53.3 Å². The Morgan fingerprint density at radius 2 is 1.81 bits per heavy atom. The third kappa shape index (κ3) is 7.53. The Bertz CT molecular complexity index is 1420. The number of rotatable bonds is 9. The first-order valence-electron chi connectivity index (χ1n) is 10.3. The quantitative estimate of drug-likeness (QED) is 0.210. The van der Waals surface area contributed by atoms with Crippen molar-refractivity contribution in [2.24, 2.45) is 0 Å². The number of aromatic nitrogens is 1. The molecule has 0 aliphatic carbocycles. The fourth-order valence-corrected chi connectivity index (χ4v) is 5.26. The molecule has 0 spiro atoms. The summed E-state index contributed by atoms with van der Waals surface area (Å²) in [5.41, 5.74) is 1.31. The minimum atomic E-state index is -4.57. The fraction of sp³-hybridized carbons (Fsp3) is 0.217. The SMILES string of the molecule is CC(C(=O)O)N(CC(F)(F)F)c1ccc(/C=C/C=C/c2sc3ccc(Cl)cc3[n+]2CS(=O)(=O)O)cc1. The highest BCUT2D eigenvalue weighted by Crippen LogP contribution is 2.26. The number of thiazole rings is 1. The molecule has 0 saturated carbocycles. The maximum Gasteiger partial charge on any atom is 0.405 e. The largest absolute Gasteiger partial charge is 0.480 e. The van der Waals surface area contributed by atoms with Crippen molar-refractivity contribution < 1.29 is 40.6 Å². The molecule has 0 radical (unpaired) electrons. The Morgan fingerprint density at radius 1 is 1.17 bits per heavy atom. The first kappa shape index (κ1) is 27.7. The monoisotopic (exact) mass is 561 g/mol. The number of carbonyl (C=O) groups is 1. The number of hydrogen-bond donors (Lipinski definition) is 2. The fourth-order valence-electron chi connectivity index (χ4n) is 3.35. The van der Waals surface area contributed by atoms with Crippen LogP contribution >= 0.6 is 22.9 Å². The molecule has 0 aliphatic rings. The lowest BCUT2D eigenvalue weighted by molar-refractivity contribution is -0.649. The minimum Gasteiger partial charge on any atom is -0.480 e. The van der Waals surface area contributed by atoms with Crippen LogP contribution in [0.15, 0.2) is 54.6 Å². The van der Waals surface area contributed by atoms with Crippen molar-refractivity contribution in [3.63, 3.8) is 0 Å². The second kappa shape index (κ2) is 11.0. The van der Waals surface area contributed by atoms with E-state index in [0.717, 1.165) is 9.60 Å². The topological polar surface area (TPSA) is 98.8 Å². The van der Waals surface area contributed by atoms with Crippen molar-refractivity contribution in [3.8, 4) is 0 Å². The van der Waals surface area contributed by atoms with Gasteiger partial charge in [-0.3, -0.25) is 4.55 Å². The molecule has 1 aromatic heterocycles. The second-order valence-electron chi connectivity index (χ2n) is 7.76. The first-order valence-corrected chi connectivity index (χ1v) is 13.1. The molecule has 192 valence electrons.